The Morgan fingerprint density at radius 3 is 2.48 bits per heavy atom. The van der Waals surface area contributed by atoms with Crippen LogP contribution in [0.4, 0.5) is 0 Å². The van der Waals surface area contributed by atoms with Gasteiger partial charge in [0.05, 0.1) is 5.56 Å². The summed E-state index contributed by atoms with van der Waals surface area (Å²) >= 11 is 6.07. The fourth-order valence-corrected chi connectivity index (χ4v) is 3.48. The van der Waals surface area contributed by atoms with Crippen molar-refractivity contribution in [1.82, 2.24) is 19.9 Å². The lowest BCUT2D eigenvalue weighted by atomic mass is 10.1. The number of benzene rings is 2. The maximum Gasteiger partial charge on any atom is 0.256 e. The number of carbonyl (C=O) groups is 1. The highest BCUT2D eigenvalue weighted by Gasteiger charge is 2.13. The van der Waals surface area contributed by atoms with Gasteiger partial charge in [0.25, 0.3) is 5.91 Å². The summed E-state index contributed by atoms with van der Waals surface area (Å²) in [7, 11) is 3.37. The van der Waals surface area contributed by atoms with Crippen molar-refractivity contribution >= 4 is 17.5 Å². The topological polar surface area (TPSA) is 81.3 Å². The van der Waals surface area contributed by atoms with E-state index in [2.05, 4.69) is 15.0 Å². The number of aromatic nitrogens is 3. The molecule has 4 rings (SSSR count). The summed E-state index contributed by atoms with van der Waals surface area (Å²) in [5.41, 5.74) is 3.21. The van der Waals surface area contributed by atoms with E-state index in [1.165, 1.54) is 17.3 Å². The van der Waals surface area contributed by atoms with Crippen molar-refractivity contribution < 1.29 is 13.9 Å². The van der Waals surface area contributed by atoms with Crippen LogP contribution < -0.4 is 4.74 Å². The smallest absolute Gasteiger partial charge is 0.256 e. The Hall–Kier alpha value is -3.71. The predicted octanol–water partition coefficient (Wildman–Crippen LogP) is 4.97. The molecule has 2 aromatic heterocycles. The van der Waals surface area contributed by atoms with Gasteiger partial charge in [-0.05, 0) is 48.9 Å². The fraction of sp³-hybridized carbons (Fsp3) is 0.200. The number of hydrogen-bond donors (Lipinski definition) is 0. The van der Waals surface area contributed by atoms with Crippen LogP contribution >= 0.6 is 11.6 Å². The third-order valence-electron chi connectivity index (χ3n) is 4.94. The third kappa shape index (κ3) is 5.56. The standard InChI is InChI=1S/C25H23ClN4O3/c1-16-24(29-23(33-16)12-17-5-4-6-20(26)11-17)18-7-9-21(10-8-18)32-15-22-27-13-19(14-28-22)25(31)30(2)3/h4-11,13-14H,12,15H2,1-3H3. The fourth-order valence-electron chi connectivity index (χ4n) is 3.27. The van der Waals surface area contributed by atoms with Gasteiger partial charge in [0, 0.05) is 43.5 Å². The number of ether oxygens (including phenoxy) is 1. The molecule has 0 spiro atoms. The van der Waals surface area contributed by atoms with Crippen LogP contribution in [0.2, 0.25) is 5.02 Å². The SMILES string of the molecule is Cc1oc(Cc2cccc(Cl)c2)nc1-c1ccc(OCc2ncc(C(=O)N(C)C)cn2)cc1. The van der Waals surface area contributed by atoms with Crippen molar-refractivity contribution in [2.45, 2.75) is 20.0 Å². The van der Waals surface area contributed by atoms with Crippen LogP contribution in [-0.2, 0) is 13.0 Å². The van der Waals surface area contributed by atoms with E-state index < -0.39 is 0 Å². The normalized spacial score (nSPS) is 10.8. The van der Waals surface area contributed by atoms with Gasteiger partial charge in [-0.1, -0.05) is 23.7 Å². The van der Waals surface area contributed by atoms with Crippen LogP contribution in [0.1, 0.15) is 33.4 Å². The molecule has 8 heteroatoms. The molecule has 0 unspecified atom stereocenters. The van der Waals surface area contributed by atoms with Crippen molar-refractivity contribution in [2.75, 3.05) is 14.1 Å². The number of oxazole rings is 1. The van der Waals surface area contributed by atoms with Gasteiger partial charge in [-0.2, -0.15) is 0 Å². The average molecular weight is 463 g/mol. The number of carbonyl (C=O) groups excluding carboxylic acids is 1. The van der Waals surface area contributed by atoms with E-state index in [4.69, 9.17) is 20.8 Å². The first-order valence-corrected chi connectivity index (χ1v) is 10.7. The molecule has 0 aliphatic heterocycles. The van der Waals surface area contributed by atoms with Crippen LogP contribution in [0.15, 0.2) is 65.3 Å². The molecule has 4 aromatic rings. The number of hydrogen-bond acceptors (Lipinski definition) is 6. The zero-order valence-electron chi connectivity index (χ0n) is 18.6. The minimum Gasteiger partial charge on any atom is -0.486 e. The van der Waals surface area contributed by atoms with Gasteiger partial charge < -0.3 is 14.1 Å². The molecule has 0 bridgehead atoms. The van der Waals surface area contributed by atoms with E-state index in [-0.39, 0.29) is 12.5 Å². The highest BCUT2D eigenvalue weighted by Crippen LogP contribution is 2.27. The zero-order valence-corrected chi connectivity index (χ0v) is 19.3. The molecule has 1 amide bonds. The van der Waals surface area contributed by atoms with Crippen molar-refractivity contribution in [3.8, 4) is 17.0 Å². The molecule has 168 valence electrons. The highest BCUT2D eigenvalue weighted by molar-refractivity contribution is 6.30. The van der Waals surface area contributed by atoms with Crippen molar-refractivity contribution in [2.24, 2.45) is 0 Å². The molecular formula is C25H23ClN4O3. The van der Waals surface area contributed by atoms with Crippen LogP contribution in [-0.4, -0.2) is 39.9 Å². The molecule has 7 nitrogen and oxygen atoms in total. The molecule has 33 heavy (non-hydrogen) atoms. The Bertz CT molecular complexity index is 1250. The number of nitrogens with zero attached hydrogens (tertiary/aromatic N) is 4. The minimum atomic E-state index is -0.142. The molecule has 0 atom stereocenters. The summed E-state index contributed by atoms with van der Waals surface area (Å²) in [6.07, 6.45) is 3.58. The lowest BCUT2D eigenvalue weighted by molar-refractivity contribution is 0.0826. The number of aryl methyl sites for hydroxylation is 1. The Morgan fingerprint density at radius 2 is 1.82 bits per heavy atom. The lowest BCUT2D eigenvalue weighted by Gasteiger charge is -2.10. The lowest BCUT2D eigenvalue weighted by Crippen LogP contribution is -2.22. The van der Waals surface area contributed by atoms with Gasteiger partial charge in [0.2, 0.25) is 0 Å². The quantitative estimate of drug-likeness (QED) is 0.386. The van der Waals surface area contributed by atoms with Crippen LogP contribution in [0.3, 0.4) is 0 Å². The molecule has 0 saturated heterocycles. The number of amides is 1. The molecule has 0 saturated carbocycles. The summed E-state index contributed by atoms with van der Waals surface area (Å²) < 4.78 is 11.6. The first-order valence-electron chi connectivity index (χ1n) is 10.4. The maximum absolute atomic E-state index is 11.9. The first-order chi connectivity index (χ1) is 15.9. The van der Waals surface area contributed by atoms with E-state index in [1.54, 1.807) is 14.1 Å². The Balaban J connectivity index is 1.39. The summed E-state index contributed by atoms with van der Waals surface area (Å²) in [5, 5.41) is 0.690. The Kier molecular flexibility index (Phi) is 6.70. The van der Waals surface area contributed by atoms with Gasteiger partial charge in [-0.15, -0.1) is 0 Å². The van der Waals surface area contributed by atoms with E-state index in [0.29, 0.717) is 34.5 Å². The maximum atomic E-state index is 11.9. The third-order valence-corrected chi connectivity index (χ3v) is 5.17. The van der Waals surface area contributed by atoms with Crippen LogP contribution in [0, 0.1) is 6.92 Å². The average Bonchev–Trinajstić information content (AvgIpc) is 3.17. The monoisotopic (exact) mass is 462 g/mol. The molecular weight excluding hydrogens is 440 g/mol. The van der Waals surface area contributed by atoms with E-state index in [1.807, 2.05) is 55.5 Å². The van der Waals surface area contributed by atoms with Crippen LogP contribution in [0.5, 0.6) is 5.75 Å². The van der Waals surface area contributed by atoms with Gasteiger partial charge in [0.15, 0.2) is 11.7 Å². The van der Waals surface area contributed by atoms with E-state index >= 15 is 0 Å². The highest BCUT2D eigenvalue weighted by atomic mass is 35.5. The molecule has 0 aliphatic carbocycles. The minimum absolute atomic E-state index is 0.142. The summed E-state index contributed by atoms with van der Waals surface area (Å²) in [6, 6.07) is 15.3. The van der Waals surface area contributed by atoms with Crippen molar-refractivity contribution in [3.63, 3.8) is 0 Å². The number of rotatable bonds is 7. The van der Waals surface area contributed by atoms with Crippen LogP contribution in [0.25, 0.3) is 11.3 Å². The molecule has 2 heterocycles. The largest absolute Gasteiger partial charge is 0.486 e. The zero-order chi connectivity index (χ0) is 23.4. The number of halogens is 1. The van der Waals surface area contributed by atoms with E-state index in [9.17, 15) is 4.79 Å². The Morgan fingerprint density at radius 1 is 1.09 bits per heavy atom. The second-order valence-electron chi connectivity index (χ2n) is 7.72. The Labute approximate surface area is 197 Å². The van der Waals surface area contributed by atoms with Crippen molar-refractivity contribution in [3.05, 3.63) is 94.5 Å². The van der Waals surface area contributed by atoms with Gasteiger partial charge in [-0.3, -0.25) is 4.79 Å². The van der Waals surface area contributed by atoms with Gasteiger partial charge in [-0.25, -0.2) is 15.0 Å². The van der Waals surface area contributed by atoms with Gasteiger partial charge >= 0.3 is 0 Å². The van der Waals surface area contributed by atoms with Gasteiger partial charge in [0.1, 0.15) is 23.8 Å². The summed E-state index contributed by atoms with van der Waals surface area (Å²) in [6.45, 7) is 2.10. The molecule has 0 aliphatic rings. The molecule has 2 aromatic carbocycles. The summed E-state index contributed by atoms with van der Waals surface area (Å²) in [5.74, 6) is 2.42. The molecule has 0 radical (unpaired) electrons. The second-order valence-corrected chi connectivity index (χ2v) is 8.16. The first kappa shape index (κ1) is 22.5. The predicted molar refractivity (Wildman–Crippen MR) is 125 cm³/mol. The second kappa shape index (κ2) is 9.83. The van der Waals surface area contributed by atoms with E-state index in [0.717, 1.165) is 22.6 Å². The molecule has 0 N–H and O–H groups in total. The van der Waals surface area contributed by atoms with Crippen molar-refractivity contribution in [1.29, 1.82) is 0 Å². The summed E-state index contributed by atoms with van der Waals surface area (Å²) in [4.78, 5) is 26.5. The molecule has 0 fully saturated rings.